The number of ether oxygens (including phenoxy) is 1. The highest BCUT2D eigenvalue weighted by atomic mass is 16.5. The average Bonchev–Trinajstić information content (AvgIpc) is 3.40. The summed E-state index contributed by atoms with van der Waals surface area (Å²) < 4.78 is 7.88. The lowest BCUT2D eigenvalue weighted by atomic mass is 9.83. The minimum absolute atomic E-state index is 0.0318. The van der Waals surface area contributed by atoms with Crippen LogP contribution < -0.4 is 10.4 Å². The van der Waals surface area contributed by atoms with E-state index in [2.05, 4.69) is 72.5 Å². The molecule has 1 saturated heterocycles. The van der Waals surface area contributed by atoms with E-state index in [1.165, 1.54) is 0 Å². The van der Waals surface area contributed by atoms with E-state index in [1.54, 1.807) is 13.8 Å². The number of Topliss-reactive ketones (excluding diaryl/α,β-unsaturated/α-hetero) is 1. The molecule has 1 fully saturated rings. The molecule has 1 unspecified atom stereocenters. The van der Waals surface area contributed by atoms with Gasteiger partial charge in [0.05, 0.1) is 42.5 Å². The van der Waals surface area contributed by atoms with Crippen LogP contribution in [0.2, 0.25) is 0 Å². The van der Waals surface area contributed by atoms with E-state index in [0.29, 0.717) is 26.3 Å². The molecule has 1 N–H and O–H groups in total. The fourth-order valence-electron chi connectivity index (χ4n) is 6.26. The molecule has 0 bridgehead atoms. The number of rotatable bonds is 7. The molecule has 0 amide bonds. The van der Waals surface area contributed by atoms with E-state index in [9.17, 15) is 9.90 Å². The molecule has 0 spiro atoms. The number of benzene rings is 2. The van der Waals surface area contributed by atoms with Crippen molar-refractivity contribution in [2.24, 2.45) is 10.9 Å². The molecule has 3 aliphatic heterocycles. The maximum Gasteiger partial charge on any atom is 0.188 e. The second-order valence-electron chi connectivity index (χ2n) is 12.9. The predicted octanol–water partition coefficient (Wildman–Crippen LogP) is 4.63. The second kappa shape index (κ2) is 12.1. The van der Waals surface area contributed by atoms with Gasteiger partial charge in [-0.15, -0.1) is 0 Å². The molecular formula is C39H40N3O3+. The van der Waals surface area contributed by atoms with E-state index in [4.69, 9.17) is 9.73 Å². The maximum absolute atomic E-state index is 12.9. The Morgan fingerprint density at radius 3 is 2.69 bits per heavy atom. The van der Waals surface area contributed by atoms with Gasteiger partial charge in [-0.25, -0.2) is 4.99 Å². The molecule has 2 atom stereocenters. The van der Waals surface area contributed by atoms with Crippen molar-refractivity contribution in [2.75, 3.05) is 26.3 Å². The van der Waals surface area contributed by atoms with E-state index in [0.717, 1.165) is 61.0 Å². The molecule has 6 heteroatoms. The molecule has 2 aromatic carbocycles. The van der Waals surface area contributed by atoms with Crippen molar-refractivity contribution < 1.29 is 19.2 Å². The van der Waals surface area contributed by atoms with Crippen molar-refractivity contribution in [1.82, 2.24) is 4.90 Å². The third kappa shape index (κ3) is 6.31. The van der Waals surface area contributed by atoms with Gasteiger partial charge >= 0.3 is 0 Å². The van der Waals surface area contributed by atoms with Crippen molar-refractivity contribution in [3.05, 3.63) is 130 Å². The number of allylic oxidation sites excluding steroid dienone is 8. The first-order valence-corrected chi connectivity index (χ1v) is 15.4. The highest BCUT2D eigenvalue weighted by Crippen LogP contribution is 2.32. The Bertz CT molecular complexity index is 1930. The van der Waals surface area contributed by atoms with Gasteiger partial charge < -0.3 is 14.7 Å². The van der Waals surface area contributed by atoms with Crippen molar-refractivity contribution >= 4 is 34.8 Å². The van der Waals surface area contributed by atoms with Gasteiger partial charge in [-0.2, -0.15) is 4.58 Å². The molecular weight excluding hydrogens is 558 g/mol. The van der Waals surface area contributed by atoms with Crippen molar-refractivity contribution in [2.45, 2.75) is 39.3 Å². The number of aliphatic imine (C=N–C) groups is 1. The number of morpholine rings is 1. The topological polar surface area (TPSA) is 65.1 Å². The SMILES string of the molecule is C=C1C=c2ccc(C3=CC(C(=C)C)C(=O)C(C)=C3)cc2=C(N2CCOC[C@@H]2c2ccccc2)N=C1C1=C[N+](CC(C)(C)O)=C=C1. The number of ketones is 1. The van der Waals surface area contributed by atoms with Crippen LogP contribution in [0.4, 0.5) is 0 Å². The summed E-state index contributed by atoms with van der Waals surface area (Å²) in [6.07, 6.45) is 9.96. The summed E-state index contributed by atoms with van der Waals surface area (Å²) in [5.41, 5.74) is 6.27. The average molecular weight is 599 g/mol. The first-order valence-electron chi connectivity index (χ1n) is 15.4. The van der Waals surface area contributed by atoms with Gasteiger partial charge in [-0.1, -0.05) is 67.3 Å². The van der Waals surface area contributed by atoms with Gasteiger partial charge in [0.25, 0.3) is 0 Å². The van der Waals surface area contributed by atoms with E-state index in [1.807, 2.05) is 48.9 Å². The maximum atomic E-state index is 12.9. The Hall–Kier alpha value is -4.61. The molecule has 6 nitrogen and oxygen atoms in total. The van der Waals surface area contributed by atoms with Crippen LogP contribution in [0.1, 0.15) is 44.9 Å². The third-order valence-electron chi connectivity index (χ3n) is 8.50. The monoisotopic (exact) mass is 598 g/mol. The molecule has 0 saturated carbocycles. The van der Waals surface area contributed by atoms with Crippen molar-refractivity contribution in [3.8, 4) is 0 Å². The summed E-state index contributed by atoms with van der Waals surface area (Å²) in [6, 6.07) is 16.8. The standard InChI is InChI=1S/C39H40N3O3/c1-25(2)33-21-32(19-27(4)37(33)43)29-12-13-30-18-26(3)36(31-14-15-41(22-31)24-39(5,6)44)40-38(34(30)20-29)42-16-17-45-23-35(42)28-10-8-7-9-11-28/h7-14,18-22,33,35,44H,1,3,16-17,23-24H2,2,4-6H3/q+1/t33?,35-/m1/s1. The molecule has 4 aliphatic rings. The largest absolute Gasteiger partial charge is 0.384 e. The zero-order chi connectivity index (χ0) is 31.9. The summed E-state index contributed by atoms with van der Waals surface area (Å²) in [6.45, 7) is 18.1. The molecule has 2 aromatic rings. The van der Waals surface area contributed by atoms with Gasteiger partial charge in [0.15, 0.2) is 24.4 Å². The highest BCUT2D eigenvalue weighted by Gasteiger charge is 2.30. The smallest absolute Gasteiger partial charge is 0.188 e. The van der Waals surface area contributed by atoms with Crippen LogP contribution in [0.15, 0.2) is 113 Å². The van der Waals surface area contributed by atoms with Crippen LogP contribution in [0.25, 0.3) is 17.5 Å². The zero-order valence-electron chi connectivity index (χ0n) is 26.5. The number of β-amino-alcohol motifs (C(OH)–C–C–N with tert-alkyl or cyclic N) is 1. The molecule has 0 aromatic heterocycles. The number of carbonyl (C=O) groups excluding carboxylic acids is 1. The lowest BCUT2D eigenvalue weighted by Gasteiger charge is -2.38. The Balaban J connectivity index is 1.56. The quantitative estimate of drug-likeness (QED) is 0.373. The Labute approximate surface area is 265 Å². The summed E-state index contributed by atoms with van der Waals surface area (Å²) >= 11 is 0. The fourth-order valence-corrected chi connectivity index (χ4v) is 6.26. The Morgan fingerprint density at radius 2 is 1.96 bits per heavy atom. The van der Waals surface area contributed by atoms with Crippen LogP contribution in [0.3, 0.4) is 0 Å². The summed E-state index contributed by atoms with van der Waals surface area (Å²) in [7, 11) is 0. The Kier molecular flexibility index (Phi) is 8.15. The molecule has 228 valence electrons. The van der Waals surface area contributed by atoms with Crippen LogP contribution in [0.5, 0.6) is 0 Å². The van der Waals surface area contributed by atoms with Crippen molar-refractivity contribution in [3.63, 3.8) is 0 Å². The molecule has 1 aliphatic carbocycles. The van der Waals surface area contributed by atoms with Gasteiger partial charge in [0, 0.05) is 11.8 Å². The molecule has 3 heterocycles. The first kappa shape index (κ1) is 30.4. The van der Waals surface area contributed by atoms with Crippen molar-refractivity contribution in [1.29, 1.82) is 0 Å². The summed E-state index contributed by atoms with van der Waals surface area (Å²) in [5.74, 6) is 3.85. The lowest BCUT2D eigenvalue weighted by Crippen LogP contribution is -2.42. The predicted molar refractivity (Wildman–Crippen MR) is 181 cm³/mol. The third-order valence-corrected chi connectivity index (χ3v) is 8.50. The fraction of sp³-hybridized carbons (Fsp3) is 0.282. The van der Waals surface area contributed by atoms with E-state index < -0.39 is 5.60 Å². The van der Waals surface area contributed by atoms with Gasteiger partial charge in [0.2, 0.25) is 0 Å². The number of hydrogen-bond acceptors (Lipinski definition) is 5. The van der Waals surface area contributed by atoms with Crippen LogP contribution in [0, 0.1) is 5.92 Å². The summed E-state index contributed by atoms with van der Waals surface area (Å²) in [5, 5.41) is 12.4. The highest BCUT2D eigenvalue weighted by molar-refractivity contribution is 6.20. The number of hydrogen-bond donors (Lipinski definition) is 1. The number of nitrogens with zero attached hydrogens (tertiary/aromatic N) is 3. The first-order chi connectivity index (χ1) is 21.5. The number of fused-ring (bicyclic) bond motifs is 1. The summed E-state index contributed by atoms with van der Waals surface area (Å²) in [4.78, 5) is 20.6. The van der Waals surface area contributed by atoms with Crippen LogP contribution >= 0.6 is 0 Å². The van der Waals surface area contributed by atoms with E-state index in [-0.39, 0.29) is 17.7 Å². The zero-order valence-corrected chi connectivity index (χ0v) is 26.5. The van der Waals surface area contributed by atoms with E-state index >= 15 is 0 Å². The number of carbonyl (C=O) groups is 1. The molecule has 45 heavy (non-hydrogen) atoms. The normalized spacial score (nSPS) is 21.7. The van der Waals surface area contributed by atoms with Crippen LogP contribution in [-0.4, -0.2) is 63.9 Å². The minimum Gasteiger partial charge on any atom is -0.384 e. The Morgan fingerprint density at radius 1 is 1.18 bits per heavy atom. The number of aliphatic hydroxyl groups is 1. The second-order valence-corrected chi connectivity index (χ2v) is 12.9. The van der Waals surface area contributed by atoms with Gasteiger partial charge in [-0.05, 0) is 79.0 Å². The van der Waals surface area contributed by atoms with Gasteiger partial charge in [-0.3, -0.25) is 4.79 Å². The van der Waals surface area contributed by atoms with Crippen LogP contribution in [-0.2, 0) is 9.53 Å². The molecule has 0 radical (unpaired) electrons. The lowest BCUT2D eigenvalue weighted by molar-refractivity contribution is -0.468. The minimum atomic E-state index is -0.879. The molecule has 6 rings (SSSR count). The van der Waals surface area contributed by atoms with Gasteiger partial charge in [0.1, 0.15) is 11.4 Å².